The van der Waals surface area contributed by atoms with E-state index in [2.05, 4.69) is 33.1 Å². The molecule has 0 aliphatic carbocycles. The summed E-state index contributed by atoms with van der Waals surface area (Å²) in [4.78, 5) is 16.5. The van der Waals surface area contributed by atoms with Gasteiger partial charge in [-0.2, -0.15) is 0 Å². The summed E-state index contributed by atoms with van der Waals surface area (Å²) in [7, 11) is 1.67. The first-order valence-corrected chi connectivity index (χ1v) is 9.71. The molecule has 0 aliphatic rings. The molecule has 0 aliphatic heterocycles. The molecule has 28 heavy (non-hydrogen) atoms. The third-order valence-corrected chi connectivity index (χ3v) is 4.14. The van der Waals surface area contributed by atoms with Gasteiger partial charge in [0.1, 0.15) is 5.75 Å². The van der Waals surface area contributed by atoms with E-state index in [9.17, 15) is 4.79 Å². The first-order chi connectivity index (χ1) is 13.7. The molecule has 2 aromatic rings. The second-order valence-electron chi connectivity index (χ2n) is 6.26. The molecule has 1 amide bonds. The van der Waals surface area contributed by atoms with Crippen molar-refractivity contribution < 1.29 is 9.53 Å². The molecule has 0 atom stereocenters. The number of amides is 1. The Kier molecular flexibility index (Phi) is 9.41. The highest BCUT2D eigenvalue weighted by atomic mass is 16.5. The van der Waals surface area contributed by atoms with Crippen molar-refractivity contribution >= 4 is 11.9 Å². The molecule has 0 heterocycles. The van der Waals surface area contributed by atoms with Crippen LogP contribution in [-0.4, -0.2) is 45.2 Å². The van der Waals surface area contributed by atoms with Crippen molar-refractivity contribution in [1.82, 2.24) is 16.0 Å². The van der Waals surface area contributed by atoms with Gasteiger partial charge in [-0.15, -0.1) is 0 Å². The lowest BCUT2D eigenvalue weighted by Crippen LogP contribution is -2.38. The molecule has 0 fully saturated rings. The summed E-state index contributed by atoms with van der Waals surface area (Å²) >= 11 is 0. The van der Waals surface area contributed by atoms with Crippen molar-refractivity contribution in [3.8, 4) is 5.75 Å². The predicted octanol–water partition coefficient (Wildman–Crippen LogP) is 2.61. The van der Waals surface area contributed by atoms with Gasteiger partial charge in [-0.05, 0) is 49.6 Å². The second kappa shape index (κ2) is 12.4. The Bertz CT molecular complexity index is 730. The number of benzene rings is 2. The van der Waals surface area contributed by atoms with Gasteiger partial charge in [-0.1, -0.05) is 30.3 Å². The van der Waals surface area contributed by atoms with Crippen LogP contribution in [0.2, 0.25) is 0 Å². The van der Waals surface area contributed by atoms with Gasteiger partial charge >= 0.3 is 0 Å². The largest absolute Gasteiger partial charge is 0.497 e. The predicted molar refractivity (Wildman–Crippen MR) is 114 cm³/mol. The fourth-order valence-corrected chi connectivity index (χ4v) is 2.62. The number of hydrogen-bond donors (Lipinski definition) is 3. The summed E-state index contributed by atoms with van der Waals surface area (Å²) in [5, 5.41) is 9.51. The van der Waals surface area contributed by atoms with Gasteiger partial charge in [-0.25, -0.2) is 0 Å². The van der Waals surface area contributed by atoms with Crippen molar-refractivity contribution in [3.63, 3.8) is 0 Å². The maximum Gasteiger partial charge on any atom is 0.251 e. The Morgan fingerprint density at radius 3 is 2.39 bits per heavy atom. The number of methoxy groups -OCH3 is 1. The lowest BCUT2D eigenvalue weighted by Gasteiger charge is -2.11. The maximum atomic E-state index is 12.0. The maximum absolute atomic E-state index is 12.0. The van der Waals surface area contributed by atoms with Crippen LogP contribution in [0.15, 0.2) is 59.6 Å². The lowest BCUT2D eigenvalue weighted by molar-refractivity contribution is 0.0953. The second-order valence-corrected chi connectivity index (χ2v) is 6.26. The molecule has 0 radical (unpaired) electrons. The van der Waals surface area contributed by atoms with Gasteiger partial charge in [-0.3, -0.25) is 9.79 Å². The highest BCUT2D eigenvalue weighted by Crippen LogP contribution is 2.11. The van der Waals surface area contributed by atoms with Crippen LogP contribution < -0.4 is 20.7 Å². The highest BCUT2D eigenvalue weighted by molar-refractivity contribution is 5.94. The first kappa shape index (κ1) is 21.3. The molecular weight excluding hydrogens is 352 g/mol. The van der Waals surface area contributed by atoms with E-state index in [0.717, 1.165) is 37.6 Å². The number of nitrogens with zero attached hydrogens (tertiary/aromatic N) is 1. The van der Waals surface area contributed by atoms with Crippen LogP contribution >= 0.6 is 0 Å². The number of guanidine groups is 1. The Labute approximate surface area is 167 Å². The molecule has 2 rings (SSSR count). The highest BCUT2D eigenvalue weighted by Gasteiger charge is 2.03. The smallest absolute Gasteiger partial charge is 0.251 e. The molecule has 0 saturated heterocycles. The summed E-state index contributed by atoms with van der Waals surface area (Å²) in [5.41, 5.74) is 1.92. The number of aliphatic imine (C=N–C) groups is 1. The minimum absolute atomic E-state index is 0.0471. The van der Waals surface area contributed by atoms with E-state index in [4.69, 9.17) is 4.74 Å². The minimum Gasteiger partial charge on any atom is -0.497 e. The summed E-state index contributed by atoms with van der Waals surface area (Å²) in [5.74, 6) is 1.62. The van der Waals surface area contributed by atoms with Crippen LogP contribution in [0.1, 0.15) is 29.3 Å². The molecule has 0 aromatic heterocycles. The molecule has 3 N–H and O–H groups in total. The van der Waals surface area contributed by atoms with Crippen molar-refractivity contribution in [2.45, 2.75) is 19.8 Å². The van der Waals surface area contributed by atoms with E-state index in [-0.39, 0.29) is 5.91 Å². The number of carbonyl (C=O) groups is 1. The monoisotopic (exact) mass is 382 g/mol. The van der Waals surface area contributed by atoms with Crippen molar-refractivity contribution in [1.29, 1.82) is 0 Å². The molecule has 0 bridgehead atoms. The van der Waals surface area contributed by atoms with Crippen LogP contribution in [0, 0.1) is 0 Å². The Morgan fingerprint density at radius 1 is 0.964 bits per heavy atom. The fourth-order valence-electron chi connectivity index (χ4n) is 2.62. The molecule has 0 saturated carbocycles. The van der Waals surface area contributed by atoms with E-state index in [1.54, 1.807) is 7.11 Å². The summed E-state index contributed by atoms with van der Waals surface area (Å²) in [6, 6.07) is 17.3. The Balaban J connectivity index is 1.68. The summed E-state index contributed by atoms with van der Waals surface area (Å²) in [6.07, 6.45) is 1.69. The molecule has 150 valence electrons. The Morgan fingerprint density at radius 2 is 1.71 bits per heavy atom. The SMILES string of the molecule is CCNC(=NCCCNC(=O)c1ccccc1)NCCc1ccc(OC)cc1. The van der Waals surface area contributed by atoms with Gasteiger partial charge < -0.3 is 20.7 Å². The van der Waals surface area contributed by atoms with Crippen LogP contribution in [0.3, 0.4) is 0 Å². The molecule has 6 nitrogen and oxygen atoms in total. The van der Waals surface area contributed by atoms with Crippen molar-refractivity contribution in [2.24, 2.45) is 4.99 Å². The first-order valence-electron chi connectivity index (χ1n) is 9.71. The lowest BCUT2D eigenvalue weighted by atomic mass is 10.1. The third-order valence-electron chi connectivity index (χ3n) is 4.14. The molecule has 0 spiro atoms. The average molecular weight is 383 g/mol. The summed E-state index contributed by atoms with van der Waals surface area (Å²) in [6.45, 7) is 4.89. The van der Waals surface area contributed by atoms with E-state index in [0.29, 0.717) is 18.7 Å². The van der Waals surface area contributed by atoms with Gasteiger partial charge in [0, 0.05) is 31.7 Å². The average Bonchev–Trinajstić information content (AvgIpc) is 2.74. The standard InChI is InChI=1S/C22H30N4O2/c1-3-23-22(26-17-14-18-10-12-20(28-2)13-11-18)25-16-7-15-24-21(27)19-8-5-4-6-9-19/h4-6,8-13H,3,7,14-17H2,1-2H3,(H,24,27)(H2,23,25,26). The van der Waals surface area contributed by atoms with E-state index in [1.807, 2.05) is 49.4 Å². The number of ether oxygens (including phenoxy) is 1. The normalized spacial score (nSPS) is 11.0. The van der Waals surface area contributed by atoms with Crippen LogP contribution in [0.4, 0.5) is 0 Å². The number of carbonyl (C=O) groups excluding carboxylic acids is 1. The molecular formula is C22H30N4O2. The zero-order valence-corrected chi connectivity index (χ0v) is 16.7. The number of rotatable bonds is 10. The van der Waals surface area contributed by atoms with Crippen molar-refractivity contribution in [2.75, 3.05) is 33.3 Å². The van der Waals surface area contributed by atoms with Gasteiger partial charge in [0.15, 0.2) is 5.96 Å². The molecule has 0 unspecified atom stereocenters. The van der Waals surface area contributed by atoms with Crippen LogP contribution in [0.5, 0.6) is 5.75 Å². The number of hydrogen-bond acceptors (Lipinski definition) is 3. The quantitative estimate of drug-likeness (QED) is 0.335. The summed E-state index contributed by atoms with van der Waals surface area (Å²) < 4.78 is 5.18. The number of nitrogens with one attached hydrogen (secondary N) is 3. The van der Waals surface area contributed by atoms with Gasteiger partial charge in [0.25, 0.3) is 5.91 Å². The third kappa shape index (κ3) is 7.70. The Hall–Kier alpha value is -3.02. The van der Waals surface area contributed by atoms with Crippen LogP contribution in [-0.2, 0) is 6.42 Å². The molecule has 2 aromatic carbocycles. The zero-order chi connectivity index (χ0) is 20.0. The molecule has 6 heteroatoms. The van der Waals surface area contributed by atoms with E-state index >= 15 is 0 Å². The van der Waals surface area contributed by atoms with Gasteiger partial charge in [0.05, 0.1) is 7.11 Å². The van der Waals surface area contributed by atoms with Crippen molar-refractivity contribution in [3.05, 3.63) is 65.7 Å². The zero-order valence-electron chi connectivity index (χ0n) is 16.7. The van der Waals surface area contributed by atoms with Gasteiger partial charge in [0.2, 0.25) is 0 Å². The van der Waals surface area contributed by atoms with E-state index < -0.39 is 0 Å². The van der Waals surface area contributed by atoms with E-state index in [1.165, 1.54) is 5.56 Å². The topological polar surface area (TPSA) is 74.8 Å². The van der Waals surface area contributed by atoms with Crippen LogP contribution in [0.25, 0.3) is 0 Å². The fraction of sp³-hybridized carbons (Fsp3) is 0.364. The minimum atomic E-state index is -0.0471.